The van der Waals surface area contributed by atoms with Crippen molar-refractivity contribution >= 4 is 0 Å². The molecule has 0 amide bonds. The average molecular weight is 92.1 g/mol. The van der Waals surface area contributed by atoms with Crippen LogP contribution in [0.1, 0.15) is 0 Å². The molecule has 0 bridgehead atoms. The maximum absolute atomic E-state index is 10.8. The zero-order valence-corrected chi connectivity index (χ0v) is 3.00. The van der Waals surface area contributed by atoms with Gasteiger partial charge in [0.1, 0.15) is 12.7 Å². The number of aliphatic hydroxyl groups excluding tert-OH is 2. The molecule has 1 unspecified atom stereocenters. The van der Waals surface area contributed by atoms with Crippen molar-refractivity contribution in [2.75, 3.05) is 0 Å². The molecule has 0 saturated heterocycles. The lowest BCUT2D eigenvalue weighted by Gasteiger charge is -1.92. The van der Waals surface area contributed by atoms with E-state index >= 15 is 0 Å². The number of aliphatic hydroxyl groups is 2. The van der Waals surface area contributed by atoms with Crippen LogP contribution in [0.25, 0.3) is 0 Å². The quantitative estimate of drug-likeness (QED) is 0.503. The van der Waals surface area contributed by atoms with Crippen LogP contribution in [-0.4, -0.2) is 16.3 Å². The Kier molecular flexibility index (Phi) is 2.98. The topological polar surface area (TPSA) is 40.5 Å². The van der Waals surface area contributed by atoms with Gasteiger partial charge in [0.15, 0.2) is 6.67 Å². The van der Waals surface area contributed by atoms with E-state index in [1.54, 1.807) is 0 Å². The van der Waals surface area contributed by atoms with Gasteiger partial charge in [0.25, 0.3) is 0 Å². The van der Waals surface area contributed by atoms with Crippen molar-refractivity contribution in [1.82, 2.24) is 0 Å². The van der Waals surface area contributed by atoms with Gasteiger partial charge in [0.2, 0.25) is 0 Å². The van der Waals surface area contributed by atoms with Crippen LogP contribution in [0.3, 0.4) is 0 Å². The van der Waals surface area contributed by atoms with Gasteiger partial charge in [-0.25, -0.2) is 4.39 Å². The summed E-state index contributed by atoms with van der Waals surface area (Å²) in [6, 6.07) is 0. The molecular formula is C3H5FO2. The first kappa shape index (κ1) is 5.85. The SMILES string of the molecule is O[CH]C(O)[CH]F. The summed E-state index contributed by atoms with van der Waals surface area (Å²) in [5.41, 5.74) is 0. The highest BCUT2D eigenvalue weighted by atomic mass is 19.1. The highest BCUT2D eigenvalue weighted by molar-refractivity contribution is 4.69. The number of rotatable bonds is 2. The van der Waals surface area contributed by atoms with Crippen molar-refractivity contribution in [2.24, 2.45) is 0 Å². The van der Waals surface area contributed by atoms with Gasteiger partial charge in [0, 0.05) is 0 Å². The van der Waals surface area contributed by atoms with Gasteiger partial charge >= 0.3 is 0 Å². The molecule has 1 atom stereocenters. The lowest BCUT2D eigenvalue weighted by molar-refractivity contribution is 0.148. The van der Waals surface area contributed by atoms with Crippen LogP contribution in [0, 0.1) is 13.3 Å². The Labute approximate surface area is 35.2 Å². The Bertz CT molecular complexity index is 28.0. The van der Waals surface area contributed by atoms with Crippen LogP contribution in [0.2, 0.25) is 0 Å². The lowest BCUT2D eigenvalue weighted by Crippen LogP contribution is -2.02. The van der Waals surface area contributed by atoms with E-state index in [9.17, 15) is 4.39 Å². The molecule has 3 heteroatoms. The molecule has 2 nitrogen and oxygen atoms in total. The molecule has 6 heavy (non-hydrogen) atoms. The van der Waals surface area contributed by atoms with Crippen LogP contribution in [0.5, 0.6) is 0 Å². The molecule has 0 saturated carbocycles. The second-order valence-corrected chi connectivity index (χ2v) is 0.766. The first-order chi connectivity index (χ1) is 2.81. The monoisotopic (exact) mass is 92.0 g/mol. The number of hydrogen-bond donors (Lipinski definition) is 2. The molecule has 0 aliphatic heterocycles. The van der Waals surface area contributed by atoms with E-state index < -0.39 is 6.10 Å². The number of halogens is 1. The predicted molar refractivity (Wildman–Crippen MR) is 17.7 cm³/mol. The Morgan fingerprint density at radius 1 is 1.67 bits per heavy atom. The van der Waals surface area contributed by atoms with Crippen molar-refractivity contribution in [2.45, 2.75) is 6.10 Å². The Hall–Kier alpha value is -0.150. The van der Waals surface area contributed by atoms with Gasteiger partial charge in [-0.05, 0) is 0 Å². The van der Waals surface area contributed by atoms with Crippen LogP contribution in [0.15, 0.2) is 0 Å². The molecule has 2 radical (unpaired) electrons. The normalized spacial score (nSPS) is 14.5. The molecule has 0 aromatic carbocycles. The molecule has 36 valence electrons. The summed E-state index contributed by atoms with van der Waals surface area (Å²) >= 11 is 0. The minimum Gasteiger partial charge on any atom is -0.387 e. The zero-order chi connectivity index (χ0) is 4.99. The summed E-state index contributed by atoms with van der Waals surface area (Å²) < 4.78 is 10.8. The maximum Gasteiger partial charge on any atom is 0.162 e. The highest BCUT2D eigenvalue weighted by Crippen LogP contribution is 1.89. The Morgan fingerprint density at radius 2 is 2.17 bits per heavy atom. The molecule has 0 heterocycles. The van der Waals surface area contributed by atoms with Crippen molar-refractivity contribution in [3.8, 4) is 0 Å². The third-order valence-corrected chi connectivity index (χ3v) is 0.282. The van der Waals surface area contributed by atoms with Gasteiger partial charge in [-0.2, -0.15) is 0 Å². The summed E-state index contributed by atoms with van der Waals surface area (Å²) in [5, 5.41) is 15.6. The molecule has 0 aliphatic rings. The van der Waals surface area contributed by atoms with E-state index in [0.29, 0.717) is 6.61 Å². The Morgan fingerprint density at radius 3 is 2.17 bits per heavy atom. The summed E-state index contributed by atoms with van der Waals surface area (Å²) in [4.78, 5) is 0. The van der Waals surface area contributed by atoms with Gasteiger partial charge in [-0.15, -0.1) is 0 Å². The van der Waals surface area contributed by atoms with Gasteiger partial charge in [-0.1, -0.05) is 0 Å². The molecule has 2 N–H and O–H groups in total. The second kappa shape index (κ2) is 3.06. The van der Waals surface area contributed by atoms with E-state index in [-0.39, 0.29) is 6.67 Å². The largest absolute Gasteiger partial charge is 0.387 e. The first-order valence-electron chi connectivity index (χ1n) is 1.40. The van der Waals surface area contributed by atoms with Gasteiger partial charge in [-0.3, -0.25) is 0 Å². The third-order valence-electron chi connectivity index (χ3n) is 0.282. The van der Waals surface area contributed by atoms with Crippen molar-refractivity contribution in [3.05, 3.63) is 13.3 Å². The summed E-state index contributed by atoms with van der Waals surface area (Å²) in [6.07, 6.45) is -1.43. The van der Waals surface area contributed by atoms with Crippen molar-refractivity contribution in [1.29, 1.82) is 0 Å². The molecular weight excluding hydrogens is 87.0 g/mol. The minimum atomic E-state index is -1.43. The fraction of sp³-hybridized carbons (Fsp3) is 0.333. The third kappa shape index (κ3) is 2.11. The van der Waals surface area contributed by atoms with E-state index in [1.165, 1.54) is 0 Å². The van der Waals surface area contributed by atoms with Crippen LogP contribution in [0.4, 0.5) is 4.39 Å². The average Bonchev–Trinajstić information content (AvgIpc) is 1.65. The van der Waals surface area contributed by atoms with Crippen LogP contribution in [-0.2, 0) is 0 Å². The molecule has 0 fully saturated rings. The molecule has 0 rings (SSSR count). The van der Waals surface area contributed by atoms with E-state index in [0.717, 1.165) is 0 Å². The standard InChI is InChI=1S/C3H5FO2/c4-1-3(6)2-5/h1-3,5-6H. The summed E-state index contributed by atoms with van der Waals surface area (Å²) in [7, 11) is 0. The van der Waals surface area contributed by atoms with Crippen LogP contribution < -0.4 is 0 Å². The van der Waals surface area contributed by atoms with E-state index in [1.807, 2.05) is 0 Å². The fourth-order valence-corrected chi connectivity index (χ4v) is 0.0325. The van der Waals surface area contributed by atoms with Crippen molar-refractivity contribution < 1.29 is 14.6 Å². The zero-order valence-electron chi connectivity index (χ0n) is 3.00. The van der Waals surface area contributed by atoms with Crippen LogP contribution >= 0.6 is 0 Å². The minimum absolute atomic E-state index is 0.0278. The first-order valence-corrected chi connectivity index (χ1v) is 1.40. The number of hydrogen-bond acceptors (Lipinski definition) is 2. The summed E-state index contributed by atoms with van der Waals surface area (Å²) in [5.74, 6) is 0. The molecule has 0 aromatic heterocycles. The maximum atomic E-state index is 10.8. The molecule has 0 aromatic rings. The summed E-state index contributed by atoms with van der Waals surface area (Å²) in [6.45, 7) is 0.319. The lowest BCUT2D eigenvalue weighted by atomic mass is 10.4. The van der Waals surface area contributed by atoms with Gasteiger partial charge in [0.05, 0.1) is 0 Å². The second-order valence-electron chi connectivity index (χ2n) is 0.766. The molecule has 0 spiro atoms. The molecule has 0 aliphatic carbocycles. The van der Waals surface area contributed by atoms with Crippen molar-refractivity contribution in [3.63, 3.8) is 0 Å². The smallest absolute Gasteiger partial charge is 0.162 e. The fourth-order valence-electron chi connectivity index (χ4n) is 0.0325. The highest BCUT2D eigenvalue weighted by Gasteiger charge is 1.97. The Balaban J connectivity index is 2.75. The predicted octanol–water partition coefficient (Wildman–Crippen LogP) is 0.0129. The van der Waals surface area contributed by atoms with E-state index in [2.05, 4.69) is 0 Å². The van der Waals surface area contributed by atoms with E-state index in [4.69, 9.17) is 10.2 Å². The van der Waals surface area contributed by atoms with Gasteiger partial charge < -0.3 is 10.2 Å².